The summed E-state index contributed by atoms with van der Waals surface area (Å²) in [6.45, 7) is 5.81. The van der Waals surface area contributed by atoms with Crippen LogP contribution in [0.4, 0.5) is 0 Å². The molecule has 0 saturated carbocycles. The van der Waals surface area contributed by atoms with Gasteiger partial charge in [0, 0.05) is 18.9 Å². The zero-order valence-corrected chi connectivity index (χ0v) is 7.86. The summed E-state index contributed by atoms with van der Waals surface area (Å²) >= 11 is 0. The SMILES string of the molecule is CCN1CCOCC1c1ncc[nH]1. The summed E-state index contributed by atoms with van der Waals surface area (Å²) in [4.78, 5) is 9.78. The average Bonchev–Trinajstić information content (AvgIpc) is 2.70. The van der Waals surface area contributed by atoms with Gasteiger partial charge in [-0.1, -0.05) is 6.92 Å². The summed E-state index contributed by atoms with van der Waals surface area (Å²) in [7, 11) is 0. The Morgan fingerprint density at radius 1 is 1.77 bits per heavy atom. The molecule has 0 radical (unpaired) electrons. The number of morpholine rings is 1. The second kappa shape index (κ2) is 3.89. The Labute approximate surface area is 77.9 Å². The number of hydrogen-bond acceptors (Lipinski definition) is 3. The van der Waals surface area contributed by atoms with E-state index in [0.29, 0.717) is 6.04 Å². The maximum Gasteiger partial charge on any atom is 0.125 e. The molecule has 72 valence electrons. The highest BCUT2D eigenvalue weighted by molar-refractivity contribution is 4.97. The predicted octanol–water partition coefficient (Wildman–Crippen LogP) is 0.803. The van der Waals surface area contributed by atoms with Gasteiger partial charge in [-0.3, -0.25) is 4.90 Å². The highest BCUT2D eigenvalue weighted by atomic mass is 16.5. The van der Waals surface area contributed by atoms with Gasteiger partial charge in [-0.25, -0.2) is 4.98 Å². The highest BCUT2D eigenvalue weighted by Gasteiger charge is 2.24. The van der Waals surface area contributed by atoms with Crippen LogP contribution in [-0.4, -0.2) is 41.2 Å². The van der Waals surface area contributed by atoms with Gasteiger partial charge in [-0.2, -0.15) is 0 Å². The van der Waals surface area contributed by atoms with Crippen LogP contribution in [0, 0.1) is 0 Å². The lowest BCUT2D eigenvalue weighted by Gasteiger charge is -2.33. The second-order valence-corrected chi connectivity index (χ2v) is 3.19. The van der Waals surface area contributed by atoms with Crippen LogP contribution in [0.3, 0.4) is 0 Å². The van der Waals surface area contributed by atoms with Gasteiger partial charge in [0.2, 0.25) is 0 Å². The first-order valence-corrected chi connectivity index (χ1v) is 4.73. The lowest BCUT2D eigenvalue weighted by atomic mass is 10.2. The molecular weight excluding hydrogens is 166 g/mol. The van der Waals surface area contributed by atoms with Gasteiger partial charge < -0.3 is 9.72 Å². The number of aromatic amines is 1. The van der Waals surface area contributed by atoms with Gasteiger partial charge in [0.15, 0.2) is 0 Å². The predicted molar refractivity (Wildman–Crippen MR) is 49.4 cm³/mol. The molecule has 4 heteroatoms. The Morgan fingerprint density at radius 3 is 3.38 bits per heavy atom. The van der Waals surface area contributed by atoms with Gasteiger partial charge in [-0.05, 0) is 6.54 Å². The lowest BCUT2D eigenvalue weighted by molar-refractivity contribution is -0.00867. The normalized spacial score (nSPS) is 24.8. The lowest BCUT2D eigenvalue weighted by Crippen LogP contribution is -2.39. The molecule has 1 atom stereocenters. The summed E-state index contributed by atoms with van der Waals surface area (Å²) < 4.78 is 5.44. The number of nitrogens with zero attached hydrogens (tertiary/aromatic N) is 2. The molecule has 1 saturated heterocycles. The van der Waals surface area contributed by atoms with Crippen molar-refractivity contribution in [2.24, 2.45) is 0 Å². The fourth-order valence-corrected chi connectivity index (χ4v) is 1.73. The first-order valence-electron chi connectivity index (χ1n) is 4.73. The number of ether oxygens (including phenoxy) is 1. The monoisotopic (exact) mass is 181 g/mol. The number of H-pyrrole nitrogens is 1. The summed E-state index contributed by atoms with van der Waals surface area (Å²) in [5.74, 6) is 1.02. The van der Waals surface area contributed by atoms with E-state index in [9.17, 15) is 0 Å². The molecule has 4 nitrogen and oxygen atoms in total. The van der Waals surface area contributed by atoms with Crippen LogP contribution in [0.25, 0.3) is 0 Å². The van der Waals surface area contributed by atoms with E-state index in [1.54, 1.807) is 6.20 Å². The molecule has 13 heavy (non-hydrogen) atoms. The maximum absolute atomic E-state index is 5.44. The van der Waals surface area contributed by atoms with Crippen molar-refractivity contribution in [3.05, 3.63) is 18.2 Å². The van der Waals surface area contributed by atoms with Crippen molar-refractivity contribution in [1.82, 2.24) is 14.9 Å². The van der Waals surface area contributed by atoms with Crippen molar-refractivity contribution in [2.75, 3.05) is 26.3 Å². The van der Waals surface area contributed by atoms with Crippen LogP contribution in [0.15, 0.2) is 12.4 Å². The number of rotatable bonds is 2. The minimum absolute atomic E-state index is 0.314. The molecule has 2 rings (SSSR count). The molecule has 2 heterocycles. The maximum atomic E-state index is 5.44. The number of nitrogens with one attached hydrogen (secondary N) is 1. The van der Waals surface area contributed by atoms with Crippen molar-refractivity contribution < 1.29 is 4.74 Å². The van der Waals surface area contributed by atoms with E-state index in [4.69, 9.17) is 4.74 Å². The summed E-state index contributed by atoms with van der Waals surface area (Å²) in [5, 5.41) is 0. The third-order valence-corrected chi connectivity index (χ3v) is 2.48. The van der Waals surface area contributed by atoms with Gasteiger partial charge in [0.05, 0.1) is 19.3 Å². The molecule has 0 bridgehead atoms. The van der Waals surface area contributed by atoms with E-state index in [1.165, 1.54) is 0 Å². The van der Waals surface area contributed by atoms with Gasteiger partial charge in [0.25, 0.3) is 0 Å². The van der Waals surface area contributed by atoms with Crippen LogP contribution < -0.4 is 0 Å². The number of aromatic nitrogens is 2. The Bertz CT molecular complexity index is 247. The molecule has 1 aliphatic rings. The van der Waals surface area contributed by atoms with Gasteiger partial charge in [-0.15, -0.1) is 0 Å². The standard InChI is InChI=1S/C9H15N3O/c1-2-12-5-6-13-7-8(12)9-10-3-4-11-9/h3-4,8H,2,5-7H2,1H3,(H,10,11). The third kappa shape index (κ3) is 1.73. The van der Waals surface area contributed by atoms with Gasteiger partial charge >= 0.3 is 0 Å². The van der Waals surface area contributed by atoms with E-state index >= 15 is 0 Å². The number of likely N-dealkylation sites (N-methyl/N-ethyl adjacent to an activating group) is 1. The first kappa shape index (κ1) is 8.72. The Morgan fingerprint density at radius 2 is 2.69 bits per heavy atom. The third-order valence-electron chi connectivity index (χ3n) is 2.48. The average molecular weight is 181 g/mol. The zero-order valence-electron chi connectivity index (χ0n) is 7.86. The van der Waals surface area contributed by atoms with Crippen molar-refractivity contribution in [2.45, 2.75) is 13.0 Å². The van der Waals surface area contributed by atoms with Crippen LogP contribution >= 0.6 is 0 Å². The number of hydrogen-bond donors (Lipinski definition) is 1. The van der Waals surface area contributed by atoms with E-state index in [0.717, 1.165) is 32.1 Å². The first-order chi connectivity index (χ1) is 6.42. The van der Waals surface area contributed by atoms with E-state index in [2.05, 4.69) is 21.8 Å². The van der Waals surface area contributed by atoms with E-state index in [-0.39, 0.29) is 0 Å². The Kier molecular flexibility index (Phi) is 2.61. The van der Waals surface area contributed by atoms with E-state index in [1.807, 2.05) is 6.20 Å². The molecule has 0 spiro atoms. The fourth-order valence-electron chi connectivity index (χ4n) is 1.73. The quantitative estimate of drug-likeness (QED) is 0.733. The Hall–Kier alpha value is -0.870. The highest BCUT2D eigenvalue weighted by Crippen LogP contribution is 2.19. The zero-order chi connectivity index (χ0) is 9.10. The summed E-state index contributed by atoms with van der Waals surface area (Å²) in [6, 6.07) is 0.314. The molecule has 1 fully saturated rings. The Balaban J connectivity index is 2.11. The molecule has 1 N–H and O–H groups in total. The van der Waals surface area contributed by atoms with Crippen molar-refractivity contribution in [3.63, 3.8) is 0 Å². The van der Waals surface area contributed by atoms with Crippen molar-refractivity contribution >= 4 is 0 Å². The minimum Gasteiger partial charge on any atom is -0.378 e. The molecule has 1 unspecified atom stereocenters. The largest absolute Gasteiger partial charge is 0.378 e. The topological polar surface area (TPSA) is 41.1 Å². The summed E-state index contributed by atoms with van der Waals surface area (Å²) in [6.07, 6.45) is 3.65. The molecule has 0 aromatic carbocycles. The fraction of sp³-hybridized carbons (Fsp3) is 0.667. The van der Waals surface area contributed by atoms with Crippen LogP contribution in [0.5, 0.6) is 0 Å². The summed E-state index contributed by atoms with van der Waals surface area (Å²) in [5.41, 5.74) is 0. The van der Waals surface area contributed by atoms with Crippen molar-refractivity contribution in [3.8, 4) is 0 Å². The van der Waals surface area contributed by atoms with Crippen molar-refractivity contribution in [1.29, 1.82) is 0 Å². The molecule has 0 aliphatic carbocycles. The minimum atomic E-state index is 0.314. The van der Waals surface area contributed by atoms with Gasteiger partial charge in [0.1, 0.15) is 5.82 Å². The van der Waals surface area contributed by atoms with Crippen LogP contribution in [0.1, 0.15) is 18.8 Å². The molecular formula is C9H15N3O. The molecule has 0 amide bonds. The second-order valence-electron chi connectivity index (χ2n) is 3.19. The smallest absolute Gasteiger partial charge is 0.125 e. The van der Waals surface area contributed by atoms with Crippen LogP contribution in [-0.2, 0) is 4.74 Å². The van der Waals surface area contributed by atoms with E-state index < -0.39 is 0 Å². The molecule has 1 aliphatic heterocycles. The molecule has 1 aromatic heterocycles. The van der Waals surface area contributed by atoms with Crippen LogP contribution in [0.2, 0.25) is 0 Å². The molecule has 1 aromatic rings. The number of imidazole rings is 1.